The van der Waals surface area contributed by atoms with Gasteiger partial charge in [0.2, 0.25) is 0 Å². The summed E-state index contributed by atoms with van der Waals surface area (Å²) in [5, 5.41) is 11.3. The van der Waals surface area contributed by atoms with E-state index in [1.807, 2.05) is 37.3 Å². The molecule has 0 fully saturated rings. The zero-order valence-corrected chi connectivity index (χ0v) is 11.0. The van der Waals surface area contributed by atoms with Gasteiger partial charge < -0.3 is 5.11 Å². The summed E-state index contributed by atoms with van der Waals surface area (Å²) < 4.78 is 13.2. The molecule has 0 radical (unpaired) electrons. The number of aromatic nitrogens is 1. The lowest BCUT2D eigenvalue weighted by Gasteiger charge is -2.12. The van der Waals surface area contributed by atoms with E-state index in [1.54, 1.807) is 12.1 Å². The number of hydrogen-bond donors (Lipinski definition) is 1. The van der Waals surface area contributed by atoms with Crippen molar-refractivity contribution in [2.45, 2.75) is 13.0 Å². The summed E-state index contributed by atoms with van der Waals surface area (Å²) in [6.07, 6.45) is -0.837. The smallest absolute Gasteiger partial charge is 0.123 e. The van der Waals surface area contributed by atoms with Crippen molar-refractivity contribution in [2.24, 2.45) is 0 Å². The van der Waals surface area contributed by atoms with Gasteiger partial charge in [-0.05, 0) is 48.4 Å². The summed E-state index contributed by atoms with van der Waals surface area (Å²) in [6, 6.07) is 15.5. The highest BCUT2D eigenvalue weighted by molar-refractivity contribution is 5.79. The first-order valence-corrected chi connectivity index (χ1v) is 6.44. The normalized spacial score (nSPS) is 12.6. The minimum atomic E-state index is -0.837. The number of nitrogens with zero attached hydrogens (tertiary/aromatic N) is 1. The molecule has 20 heavy (non-hydrogen) atoms. The van der Waals surface area contributed by atoms with Crippen molar-refractivity contribution in [3.63, 3.8) is 0 Å². The molecular formula is C17H14FNO. The van der Waals surface area contributed by atoms with Crippen LogP contribution in [-0.4, -0.2) is 10.1 Å². The van der Waals surface area contributed by atoms with Gasteiger partial charge in [-0.1, -0.05) is 24.3 Å². The molecule has 100 valence electrons. The minimum absolute atomic E-state index is 0.348. The molecule has 0 amide bonds. The van der Waals surface area contributed by atoms with Crippen LogP contribution in [0.2, 0.25) is 0 Å². The van der Waals surface area contributed by atoms with Gasteiger partial charge in [0, 0.05) is 11.1 Å². The molecule has 3 rings (SSSR count). The van der Waals surface area contributed by atoms with Crippen molar-refractivity contribution < 1.29 is 9.50 Å². The molecule has 3 heteroatoms. The van der Waals surface area contributed by atoms with E-state index < -0.39 is 6.10 Å². The Morgan fingerprint density at radius 1 is 1.00 bits per heavy atom. The Hall–Kier alpha value is -2.26. The molecule has 3 aromatic rings. The first-order chi connectivity index (χ1) is 9.63. The van der Waals surface area contributed by atoms with Gasteiger partial charge in [-0.25, -0.2) is 4.39 Å². The molecule has 1 N–H and O–H groups in total. The standard InChI is InChI=1S/C17H14FNO/c1-11-5-6-12-9-14(7-8-16(12)19-11)17(20)13-3-2-4-15(18)10-13/h2-10,17,20H,1H3. The van der Waals surface area contributed by atoms with Gasteiger partial charge in [0.15, 0.2) is 0 Å². The molecule has 0 aliphatic heterocycles. The van der Waals surface area contributed by atoms with E-state index in [4.69, 9.17) is 0 Å². The van der Waals surface area contributed by atoms with E-state index in [1.165, 1.54) is 12.1 Å². The molecule has 1 heterocycles. The van der Waals surface area contributed by atoms with E-state index in [2.05, 4.69) is 4.98 Å². The summed E-state index contributed by atoms with van der Waals surface area (Å²) in [6.45, 7) is 1.94. The second kappa shape index (κ2) is 5.02. The summed E-state index contributed by atoms with van der Waals surface area (Å²) in [5.41, 5.74) is 3.12. The maximum atomic E-state index is 13.2. The Bertz CT molecular complexity index is 770. The molecular weight excluding hydrogens is 253 g/mol. The van der Waals surface area contributed by atoms with Crippen LogP contribution >= 0.6 is 0 Å². The van der Waals surface area contributed by atoms with E-state index in [9.17, 15) is 9.50 Å². The highest BCUT2D eigenvalue weighted by Crippen LogP contribution is 2.25. The average Bonchev–Trinajstić information content (AvgIpc) is 2.46. The van der Waals surface area contributed by atoms with Crippen molar-refractivity contribution >= 4 is 10.9 Å². The number of hydrogen-bond acceptors (Lipinski definition) is 2. The van der Waals surface area contributed by atoms with Crippen LogP contribution < -0.4 is 0 Å². The number of aliphatic hydroxyl groups excluding tert-OH is 1. The summed E-state index contributed by atoms with van der Waals surface area (Å²) in [7, 11) is 0. The minimum Gasteiger partial charge on any atom is -0.384 e. The zero-order valence-electron chi connectivity index (χ0n) is 11.0. The third kappa shape index (κ3) is 2.40. The Balaban J connectivity index is 2.03. The van der Waals surface area contributed by atoms with Crippen LogP contribution in [0.4, 0.5) is 4.39 Å². The van der Waals surface area contributed by atoms with Crippen LogP contribution in [0.5, 0.6) is 0 Å². The first kappa shape index (κ1) is 12.8. The van der Waals surface area contributed by atoms with Gasteiger partial charge in [0.05, 0.1) is 5.52 Å². The van der Waals surface area contributed by atoms with Gasteiger partial charge in [0.1, 0.15) is 11.9 Å². The molecule has 0 spiro atoms. The highest BCUT2D eigenvalue weighted by atomic mass is 19.1. The van der Waals surface area contributed by atoms with Crippen LogP contribution in [-0.2, 0) is 0 Å². The molecule has 0 saturated heterocycles. The molecule has 1 atom stereocenters. The predicted molar refractivity (Wildman–Crippen MR) is 76.9 cm³/mol. The van der Waals surface area contributed by atoms with Crippen molar-refractivity contribution in [2.75, 3.05) is 0 Å². The monoisotopic (exact) mass is 267 g/mol. The lowest BCUT2D eigenvalue weighted by Crippen LogP contribution is -2.00. The third-order valence-corrected chi connectivity index (χ3v) is 3.33. The van der Waals surface area contributed by atoms with Gasteiger partial charge in [-0.15, -0.1) is 0 Å². The Kier molecular flexibility index (Phi) is 3.20. The Morgan fingerprint density at radius 2 is 1.80 bits per heavy atom. The second-order valence-corrected chi connectivity index (χ2v) is 4.86. The number of halogens is 1. The predicted octanol–water partition coefficient (Wildman–Crippen LogP) is 3.76. The van der Waals surface area contributed by atoms with Crippen molar-refractivity contribution in [1.29, 1.82) is 0 Å². The van der Waals surface area contributed by atoms with Gasteiger partial charge in [-0.2, -0.15) is 0 Å². The lowest BCUT2D eigenvalue weighted by atomic mass is 10.00. The molecule has 2 nitrogen and oxygen atoms in total. The molecule has 1 unspecified atom stereocenters. The molecule has 0 saturated carbocycles. The quantitative estimate of drug-likeness (QED) is 0.766. The van der Waals surface area contributed by atoms with Crippen molar-refractivity contribution in [1.82, 2.24) is 4.98 Å². The molecule has 0 aliphatic carbocycles. The maximum Gasteiger partial charge on any atom is 0.123 e. The Labute approximate surface area is 116 Å². The molecule has 0 aliphatic rings. The van der Waals surface area contributed by atoms with E-state index >= 15 is 0 Å². The van der Waals surface area contributed by atoms with Crippen molar-refractivity contribution in [3.05, 3.63) is 77.2 Å². The number of pyridine rings is 1. The number of aliphatic hydroxyl groups is 1. The second-order valence-electron chi connectivity index (χ2n) is 4.86. The van der Waals surface area contributed by atoms with Crippen LogP contribution in [0.1, 0.15) is 22.9 Å². The highest BCUT2D eigenvalue weighted by Gasteiger charge is 2.11. The van der Waals surface area contributed by atoms with Crippen LogP contribution in [0.3, 0.4) is 0 Å². The largest absolute Gasteiger partial charge is 0.384 e. The summed E-state index contributed by atoms with van der Waals surface area (Å²) >= 11 is 0. The molecule has 1 aromatic heterocycles. The van der Waals surface area contributed by atoms with Gasteiger partial charge in [0.25, 0.3) is 0 Å². The van der Waals surface area contributed by atoms with Crippen LogP contribution in [0, 0.1) is 12.7 Å². The lowest BCUT2D eigenvalue weighted by molar-refractivity contribution is 0.220. The Morgan fingerprint density at radius 3 is 2.60 bits per heavy atom. The maximum absolute atomic E-state index is 13.2. The fraction of sp³-hybridized carbons (Fsp3) is 0.118. The molecule has 0 bridgehead atoms. The van der Waals surface area contributed by atoms with E-state index in [0.29, 0.717) is 5.56 Å². The summed E-state index contributed by atoms with van der Waals surface area (Å²) in [4.78, 5) is 4.42. The van der Waals surface area contributed by atoms with Crippen LogP contribution in [0.15, 0.2) is 54.6 Å². The topological polar surface area (TPSA) is 33.1 Å². The SMILES string of the molecule is Cc1ccc2cc(C(O)c3cccc(F)c3)ccc2n1. The van der Waals surface area contributed by atoms with Gasteiger partial charge in [-0.3, -0.25) is 4.98 Å². The van der Waals surface area contributed by atoms with E-state index in [-0.39, 0.29) is 5.82 Å². The number of aryl methyl sites for hydroxylation is 1. The number of benzene rings is 2. The third-order valence-electron chi connectivity index (χ3n) is 3.33. The summed E-state index contributed by atoms with van der Waals surface area (Å²) in [5.74, 6) is -0.348. The average molecular weight is 267 g/mol. The first-order valence-electron chi connectivity index (χ1n) is 6.44. The fourth-order valence-corrected chi connectivity index (χ4v) is 2.29. The molecule has 2 aromatic carbocycles. The zero-order chi connectivity index (χ0) is 14.1. The number of fused-ring (bicyclic) bond motifs is 1. The van der Waals surface area contributed by atoms with Crippen molar-refractivity contribution in [3.8, 4) is 0 Å². The van der Waals surface area contributed by atoms with E-state index in [0.717, 1.165) is 22.2 Å². The van der Waals surface area contributed by atoms with Crippen LogP contribution in [0.25, 0.3) is 10.9 Å². The van der Waals surface area contributed by atoms with Gasteiger partial charge >= 0.3 is 0 Å². The fourth-order valence-electron chi connectivity index (χ4n) is 2.29. The number of rotatable bonds is 2.